The van der Waals surface area contributed by atoms with Gasteiger partial charge in [-0.05, 0) is 30.3 Å². The number of nitriles is 1. The lowest BCUT2D eigenvalue weighted by Crippen LogP contribution is -1.91. The van der Waals surface area contributed by atoms with Crippen LogP contribution in [0.1, 0.15) is 16.1 Å². The van der Waals surface area contributed by atoms with E-state index in [1.165, 1.54) is 24.3 Å². The molecule has 0 bridgehead atoms. The van der Waals surface area contributed by atoms with E-state index < -0.39 is 11.8 Å². The maximum atomic E-state index is 12.9. The number of carboxylic acid groups (broad SMARTS) is 1. The van der Waals surface area contributed by atoms with E-state index in [1.54, 1.807) is 0 Å². The first-order valence-corrected chi connectivity index (χ1v) is 5.62. The van der Waals surface area contributed by atoms with Crippen LogP contribution in [0.5, 0.6) is 0 Å². The van der Waals surface area contributed by atoms with Crippen LogP contribution in [0.2, 0.25) is 0 Å². The minimum Gasteiger partial charge on any atom is -0.475 e. The molecule has 1 aromatic carbocycles. The fraction of sp³-hybridized carbons (Fsp3) is 0. The average molecular weight is 263 g/mol. The van der Waals surface area contributed by atoms with E-state index in [1.807, 2.05) is 6.07 Å². The van der Waals surface area contributed by atoms with Crippen molar-refractivity contribution in [3.63, 3.8) is 0 Å². The number of rotatable bonds is 3. The van der Waals surface area contributed by atoms with Crippen molar-refractivity contribution in [2.45, 2.75) is 9.99 Å². The zero-order chi connectivity index (χ0) is 13.1. The maximum Gasteiger partial charge on any atom is 0.371 e. The Morgan fingerprint density at radius 1 is 1.39 bits per heavy atom. The fourth-order valence-electron chi connectivity index (χ4n) is 1.28. The molecule has 0 aliphatic rings. The quantitative estimate of drug-likeness (QED) is 0.920. The van der Waals surface area contributed by atoms with Crippen LogP contribution in [0.15, 0.2) is 44.7 Å². The minimum absolute atomic E-state index is 0.174. The van der Waals surface area contributed by atoms with E-state index in [2.05, 4.69) is 0 Å². The second-order valence-electron chi connectivity index (χ2n) is 3.28. The zero-order valence-electron chi connectivity index (χ0n) is 8.88. The minimum atomic E-state index is -1.17. The monoisotopic (exact) mass is 263 g/mol. The van der Waals surface area contributed by atoms with Crippen LogP contribution >= 0.6 is 11.8 Å². The summed E-state index contributed by atoms with van der Waals surface area (Å²) in [7, 11) is 0. The van der Waals surface area contributed by atoms with Crippen molar-refractivity contribution >= 4 is 17.7 Å². The predicted octanol–water partition coefficient (Wildman–Crippen LogP) is 3.14. The molecule has 0 saturated carbocycles. The first-order chi connectivity index (χ1) is 8.60. The third kappa shape index (κ3) is 2.52. The van der Waals surface area contributed by atoms with Gasteiger partial charge in [0.25, 0.3) is 0 Å². The number of benzene rings is 1. The van der Waals surface area contributed by atoms with Gasteiger partial charge in [-0.2, -0.15) is 5.26 Å². The number of carboxylic acids is 1. The summed E-state index contributed by atoms with van der Waals surface area (Å²) in [6, 6.07) is 8.46. The van der Waals surface area contributed by atoms with Crippen LogP contribution in [0.4, 0.5) is 4.39 Å². The molecule has 1 aromatic heterocycles. The highest BCUT2D eigenvalue weighted by Gasteiger charge is 2.12. The second-order valence-corrected chi connectivity index (χ2v) is 4.32. The Hall–Kier alpha value is -2.26. The lowest BCUT2D eigenvalue weighted by molar-refractivity contribution is 0.0656. The third-order valence-corrected chi connectivity index (χ3v) is 3.06. The molecule has 0 aliphatic heterocycles. The molecule has 1 N–H and O–H groups in total. The second kappa shape index (κ2) is 4.94. The van der Waals surface area contributed by atoms with Gasteiger partial charge in [0.1, 0.15) is 11.9 Å². The van der Waals surface area contributed by atoms with E-state index in [4.69, 9.17) is 14.8 Å². The van der Waals surface area contributed by atoms with Gasteiger partial charge in [-0.3, -0.25) is 0 Å². The highest BCUT2D eigenvalue weighted by molar-refractivity contribution is 7.99. The SMILES string of the molecule is N#Cc1cc(F)ccc1Sc1ccc(C(=O)O)o1. The number of nitrogens with zero attached hydrogens (tertiary/aromatic N) is 1. The fourth-order valence-corrected chi connectivity index (χ4v) is 2.11. The van der Waals surface area contributed by atoms with Gasteiger partial charge in [-0.1, -0.05) is 11.8 Å². The molecule has 6 heteroatoms. The van der Waals surface area contributed by atoms with Crippen LogP contribution in [0, 0.1) is 17.1 Å². The molecule has 0 radical (unpaired) electrons. The lowest BCUT2D eigenvalue weighted by Gasteiger charge is -2.00. The first-order valence-electron chi connectivity index (χ1n) is 4.81. The van der Waals surface area contributed by atoms with E-state index in [0.29, 0.717) is 9.99 Å². The average Bonchev–Trinajstić information content (AvgIpc) is 2.80. The van der Waals surface area contributed by atoms with Gasteiger partial charge >= 0.3 is 5.97 Å². The Kier molecular flexibility index (Phi) is 3.35. The van der Waals surface area contributed by atoms with Crippen molar-refractivity contribution in [2.75, 3.05) is 0 Å². The summed E-state index contributed by atoms with van der Waals surface area (Å²) in [5.41, 5.74) is 0.174. The molecule has 90 valence electrons. The Labute approximate surface area is 106 Å². The summed E-state index contributed by atoms with van der Waals surface area (Å²) in [6.07, 6.45) is 0. The molecule has 2 rings (SSSR count). The molecule has 0 spiro atoms. The summed E-state index contributed by atoms with van der Waals surface area (Å²) in [5.74, 6) is -1.85. The van der Waals surface area contributed by atoms with Crippen molar-refractivity contribution in [1.29, 1.82) is 5.26 Å². The first kappa shape index (κ1) is 12.2. The highest BCUT2D eigenvalue weighted by Crippen LogP contribution is 2.31. The van der Waals surface area contributed by atoms with Gasteiger partial charge in [0.15, 0.2) is 5.09 Å². The molecule has 0 atom stereocenters. The van der Waals surface area contributed by atoms with Crippen LogP contribution in [0.3, 0.4) is 0 Å². The number of halogens is 1. The molecule has 0 aliphatic carbocycles. The predicted molar refractivity (Wildman–Crippen MR) is 60.9 cm³/mol. The Morgan fingerprint density at radius 3 is 2.78 bits per heavy atom. The summed E-state index contributed by atoms with van der Waals surface area (Å²) in [4.78, 5) is 11.1. The number of hydrogen-bond acceptors (Lipinski definition) is 4. The molecular formula is C12H6FNO3S. The number of hydrogen-bond donors (Lipinski definition) is 1. The highest BCUT2D eigenvalue weighted by atomic mass is 32.2. The van der Waals surface area contributed by atoms with Crippen molar-refractivity contribution in [3.05, 3.63) is 47.5 Å². The van der Waals surface area contributed by atoms with Gasteiger partial charge in [0.2, 0.25) is 5.76 Å². The molecule has 18 heavy (non-hydrogen) atoms. The molecule has 0 fully saturated rings. The van der Waals surface area contributed by atoms with E-state index in [0.717, 1.165) is 17.8 Å². The molecule has 4 nitrogen and oxygen atoms in total. The van der Waals surface area contributed by atoms with Crippen molar-refractivity contribution in [2.24, 2.45) is 0 Å². The van der Waals surface area contributed by atoms with Crippen molar-refractivity contribution in [3.8, 4) is 6.07 Å². The number of furan rings is 1. The molecule has 2 aromatic rings. The van der Waals surface area contributed by atoms with Crippen LogP contribution in [0.25, 0.3) is 0 Å². The van der Waals surface area contributed by atoms with Gasteiger partial charge in [-0.25, -0.2) is 9.18 Å². The maximum absolute atomic E-state index is 12.9. The topological polar surface area (TPSA) is 74.2 Å². The smallest absolute Gasteiger partial charge is 0.371 e. The van der Waals surface area contributed by atoms with E-state index in [-0.39, 0.29) is 11.3 Å². The Balaban J connectivity index is 2.28. The summed E-state index contributed by atoms with van der Waals surface area (Å²) in [6.45, 7) is 0. The molecule has 0 amide bonds. The lowest BCUT2D eigenvalue weighted by atomic mass is 10.2. The molecular weight excluding hydrogens is 257 g/mol. The van der Waals surface area contributed by atoms with E-state index >= 15 is 0 Å². The van der Waals surface area contributed by atoms with Crippen LogP contribution in [-0.2, 0) is 0 Å². The number of aromatic carboxylic acids is 1. The van der Waals surface area contributed by atoms with Crippen molar-refractivity contribution in [1.82, 2.24) is 0 Å². The van der Waals surface area contributed by atoms with Gasteiger partial charge < -0.3 is 9.52 Å². The van der Waals surface area contributed by atoms with Gasteiger partial charge in [0.05, 0.1) is 5.56 Å². The van der Waals surface area contributed by atoms with Gasteiger partial charge in [-0.15, -0.1) is 0 Å². The summed E-state index contributed by atoms with van der Waals surface area (Å²) >= 11 is 1.07. The zero-order valence-corrected chi connectivity index (χ0v) is 9.70. The molecule has 0 unspecified atom stereocenters. The van der Waals surface area contributed by atoms with Gasteiger partial charge in [0, 0.05) is 4.90 Å². The van der Waals surface area contributed by atoms with Crippen LogP contribution in [-0.4, -0.2) is 11.1 Å². The Bertz CT molecular complexity index is 645. The number of carbonyl (C=O) groups is 1. The molecule has 0 saturated heterocycles. The van der Waals surface area contributed by atoms with E-state index in [9.17, 15) is 9.18 Å². The largest absolute Gasteiger partial charge is 0.475 e. The summed E-state index contributed by atoms with van der Waals surface area (Å²) in [5, 5.41) is 17.9. The van der Waals surface area contributed by atoms with Crippen LogP contribution < -0.4 is 0 Å². The standard InChI is InChI=1S/C12H6FNO3S/c13-8-1-3-10(7(5-8)6-14)18-11-4-2-9(17-11)12(15)16/h1-5H,(H,15,16). The summed E-state index contributed by atoms with van der Waals surface area (Å²) < 4.78 is 18.0. The van der Waals surface area contributed by atoms with Crippen molar-refractivity contribution < 1.29 is 18.7 Å². The third-order valence-electron chi connectivity index (χ3n) is 2.06. The molecule has 1 heterocycles. The Morgan fingerprint density at radius 2 is 2.17 bits per heavy atom. The normalized spacial score (nSPS) is 10.0.